The maximum Gasteiger partial charge on any atom is 0.0300 e. The summed E-state index contributed by atoms with van der Waals surface area (Å²) in [5, 5.41) is 3.63. The van der Waals surface area contributed by atoms with Gasteiger partial charge in [0, 0.05) is 24.5 Å². The molecule has 0 amide bonds. The van der Waals surface area contributed by atoms with E-state index >= 15 is 0 Å². The molecule has 0 spiro atoms. The van der Waals surface area contributed by atoms with Crippen molar-refractivity contribution < 1.29 is 0 Å². The van der Waals surface area contributed by atoms with Gasteiger partial charge in [0.25, 0.3) is 0 Å². The number of aryl methyl sites for hydroxylation is 1. The Morgan fingerprint density at radius 3 is 2.28 bits per heavy atom. The van der Waals surface area contributed by atoms with Gasteiger partial charge in [0.15, 0.2) is 0 Å². The van der Waals surface area contributed by atoms with E-state index in [0.717, 1.165) is 0 Å². The SMILES string of the molecule is Cc1ccccc1C(C)N[C@H](C)c1ccncc1. The zero-order valence-electron chi connectivity index (χ0n) is 11.2. The topological polar surface area (TPSA) is 24.9 Å². The van der Waals surface area contributed by atoms with Crippen LogP contribution in [0.5, 0.6) is 0 Å². The number of pyridine rings is 1. The largest absolute Gasteiger partial charge is 0.304 e. The minimum absolute atomic E-state index is 0.322. The third-order valence-electron chi connectivity index (χ3n) is 3.36. The average Bonchev–Trinajstić information content (AvgIpc) is 2.40. The molecule has 1 N–H and O–H groups in total. The summed E-state index contributed by atoms with van der Waals surface area (Å²) in [6, 6.07) is 13.3. The molecule has 0 saturated carbocycles. The lowest BCUT2D eigenvalue weighted by Crippen LogP contribution is -2.23. The van der Waals surface area contributed by atoms with E-state index < -0.39 is 0 Å². The maximum atomic E-state index is 4.05. The quantitative estimate of drug-likeness (QED) is 0.879. The van der Waals surface area contributed by atoms with Gasteiger partial charge in [-0.1, -0.05) is 24.3 Å². The number of nitrogens with zero attached hydrogens (tertiary/aromatic N) is 1. The molecule has 0 aliphatic rings. The molecule has 0 bridgehead atoms. The molecule has 1 aromatic carbocycles. The highest BCUT2D eigenvalue weighted by atomic mass is 14.9. The van der Waals surface area contributed by atoms with Crippen molar-refractivity contribution >= 4 is 0 Å². The van der Waals surface area contributed by atoms with Gasteiger partial charge in [-0.3, -0.25) is 4.98 Å². The van der Waals surface area contributed by atoms with Gasteiger partial charge in [-0.2, -0.15) is 0 Å². The summed E-state index contributed by atoms with van der Waals surface area (Å²) in [5.74, 6) is 0. The number of hydrogen-bond acceptors (Lipinski definition) is 2. The molecule has 0 aliphatic carbocycles. The summed E-state index contributed by atoms with van der Waals surface area (Å²) in [6.45, 7) is 6.55. The van der Waals surface area contributed by atoms with Gasteiger partial charge in [-0.05, 0) is 49.6 Å². The van der Waals surface area contributed by atoms with Crippen molar-refractivity contribution in [2.75, 3.05) is 0 Å². The van der Waals surface area contributed by atoms with Crippen LogP contribution in [0, 0.1) is 6.92 Å². The lowest BCUT2D eigenvalue weighted by Gasteiger charge is -2.22. The van der Waals surface area contributed by atoms with E-state index in [1.54, 1.807) is 0 Å². The first-order valence-electron chi connectivity index (χ1n) is 6.40. The number of benzene rings is 1. The fourth-order valence-electron chi connectivity index (χ4n) is 2.29. The molecule has 2 aromatic rings. The van der Waals surface area contributed by atoms with Crippen LogP contribution in [0.25, 0.3) is 0 Å². The first-order valence-corrected chi connectivity index (χ1v) is 6.40. The molecule has 2 heteroatoms. The Morgan fingerprint density at radius 1 is 0.944 bits per heavy atom. The fraction of sp³-hybridized carbons (Fsp3) is 0.312. The minimum atomic E-state index is 0.322. The van der Waals surface area contributed by atoms with E-state index in [9.17, 15) is 0 Å². The zero-order valence-corrected chi connectivity index (χ0v) is 11.2. The van der Waals surface area contributed by atoms with E-state index in [0.29, 0.717) is 12.1 Å². The summed E-state index contributed by atoms with van der Waals surface area (Å²) in [5.41, 5.74) is 3.96. The highest BCUT2D eigenvalue weighted by molar-refractivity contribution is 5.28. The summed E-state index contributed by atoms with van der Waals surface area (Å²) in [4.78, 5) is 4.05. The highest BCUT2D eigenvalue weighted by Crippen LogP contribution is 2.21. The normalized spacial score (nSPS) is 14.2. The molecule has 2 atom stereocenters. The number of nitrogens with one attached hydrogen (secondary N) is 1. The second-order valence-corrected chi connectivity index (χ2v) is 4.75. The van der Waals surface area contributed by atoms with E-state index in [-0.39, 0.29) is 0 Å². The first-order chi connectivity index (χ1) is 8.68. The Kier molecular flexibility index (Phi) is 4.11. The predicted molar refractivity (Wildman–Crippen MR) is 75.4 cm³/mol. The molecular formula is C16H20N2. The lowest BCUT2D eigenvalue weighted by molar-refractivity contribution is 0.493. The minimum Gasteiger partial charge on any atom is -0.304 e. The van der Waals surface area contributed by atoms with Crippen molar-refractivity contribution in [2.24, 2.45) is 0 Å². The molecule has 1 aromatic heterocycles. The number of rotatable bonds is 4. The van der Waals surface area contributed by atoms with Gasteiger partial charge in [0.05, 0.1) is 0 Å². The van der Waals surface area contributed by atoms with Crippen molar-refractivity contribution in [1.82, 2.24) is 10.3 Å². The predicted octanol–water partition coefficient (Wildman–Crippen LogP) is 3.80. The zero-order chi connectivity index (χ0) is 13.0. The Labute approximate surface area is 109 Å². The second-order valence-electron chi connectivity index (χ2n) is 4.75. The summed E-state index contributed by atoms with van der Waals surface area (Å²) < 4.78 is 0. The molecule has 0 saturated heterocycles. The van der Waals surface area contributed by atoms with E-state index in [1.807, 2.05) is 12.4 Å². The van der Waals surface area contributed by atoms with Crippen LogP contribution in [0.15, 0.2) is 48.8 Å². The van der Waals surface area contributed by atoms with Crippen LogP contribution in [0.4, 0.5) is 0 Å². The van der Waals surface area contributed by atoms with Crippen LogP contribution in [0.1, 0.15) is 42.6 Å². The molecule has 94 valence electrons. The van der Waals surface area contributed by atoms with Crippen LogP contribution in [-0.4, -0.2) is 4.98 Å². The monoisotopic (exact) mass is 240 g/mol. The van der Waals surface area contributed by atoms with Crippen LogP contribution >= 0.6 is 0 Å². The summed E-state index contributed by atoms with van der Waals surface area (Å²) >= 11 is 0. The Hall–Kier alpha value is -1.67. The third-order valence-corrected chi connectivity index (χ3v) is 3.36. The maximum absolute atomic E-state index is 4.05. The van der Waals surface area contributed by atoms with Gasteiger partial charge in [-0.15, -0.1) is 0 Å². The van der Waals surface area contributed by atoms with Gasteiger partial charge in [-0.25, -0.2) is 0 Å². The van der Waals surface area contributed by atoms with Gasteiger partial charge in [0.1, 0.15) is 0 Å². The van der Waals surface area contributed by atoms with E-state index in [1.165, 1.54) is 16.7 Å². The smallest absolute Gasteiger partial charge is 0.0300 e. The van der Waals surface area contributed by atoms with E-state index in [2.05, 4.69) is 67.5 Å². The van der Waals surface area contributed by atoms with E-state index in [4.69, 9.17) is 0 Å². The second kappa shape index (κ2) is 5.78. The number of hydrogen-bond donors (Lipinski definition) is 1. The van der Waals surface area contributed by atoms with Crippen molar-refractivity contribution in [3.05, 3.63) is 65.5 Å². The number of aromatic nitrogens is 1. The lowest BCUT2D eigenvalue weighted by atomic mass is 10.0. The standard InChI is InChI=1S/C16H20N2/c1-12-6-4-5-7-16(12)14(3)18-13(2)15-8-10-17-11-9-15/h4-11,13-14,18H,1-3H3/t13-,14?/m1/s1. The molecule has 2 nitrogen and oxygen atoms in total. The molecule has 0 aliphatic heterocycles. The van der Waals surface area contributed by atoms with Crippen molar-refractivity contribution in [1.29, 1.82) is 0 Å². The Bertz CT molecular complexity index is 493. The van der Waals surface area contributed by atoms with Crippen LogP contribution < -0.4 is 5.32 Å². The van der Waals surface area contributed by atoms with Crippen molar-refractivity contribution in [2.45, 2.75) is 32.9 Å². The summed E-state index contributed by atoms with van der Waals surface area (Å²) in [6.07, 6.45) is 3.68. The average molecular weight is 240 g/mol. The van der Waals surface area contributed by atoms with Gasteiger partial charge < -0.3 is 5.32 Å². The molecule has 2 rings (SSSR count). The van der Waals surface area contributed by atoms with Crippen LogP contribution in [-0.2, 0) is 0 Å². The first kappa shape index (κ1) is 12.8. The molecule has 1 unspecified atom stereocenters. The highest BCUT2D eigenvalue weighted by Gasteiger charge is 2.12. The van der Waals surface area contributed by atoms with Crippen molar-refractivity contribution in [3.8, 4) is 0 Å². The fourth-order valence-corrected chi connectivity index (χ4v) is 2.29. The van der Waals surface area contributed by atoms with Crippen molar-refractivity contribution in [3.63, 3.8) is 0 Å². The molecule has 0 fully saturated rings. The molecule has 18 heavy (non-hydrogen) atoms. The van der Waals surface area contributed by atoms with Crippen LogP contribution in [0.2, 0.25) is 0 Å². The Balaban J connectivity index is 2.08. The third kappa shape index (κ3) is 2.96. The summed E-state index contributed by atoms with van der Waals surface area (Å²) in [7, 11) is 0. The molecule has 1 heterocycles. The van der Waals surface area contributed by atoms with Gasteiger partial charge >= 0.3 is 0 Å². The Morgan fingerprint density at radius 2 is 1.61 bits per heavy atom. The molecular weight excluding hydrogens is 220 g/mol. The molecule has 0 radical (unpaired) electrons. The van der Waals surface area contributed by atoms with Gasteiger partial charge in [0.2, 0.25) is 0 Å². The van der Waals surface area contributed by atoms with Crippen LogP contribution in [0.3, 0.4) is 0 Å².